The van der Waals surface area contributed by atoms with Crippen molar-refractivity contribution >= 4 is 29.1 Å². The minimum absolute atomic E-state index is 0.0871. The summed E-state index contributed by atoms with van der Waals surface area (Å²) in [5.74, 6) is -0.376. The van der Waals surface area contributed by atoms with Crippen LogP contribution in [0.25, 0.3) is 0 Å². The van der Waals surface area contributed by atoms with Gasteiger partial charge in [-0.1, -0.05) is 38.4 Å². The monoisotopic (exact) mass is 359 g/mol. The molecule has 25 heavy (non-hydrogen) atoms. The molecule has 132 valence electrons. The lowest BCUT2D eigenvalue weighted by Crippen LogP contribution is -2.24. The molecule has 1 aromatic carbocycles. The number of anilines is 1. The highest BCUT2D eigenvalue weighted by molar-refractivity contribution is 6.34. The van der Waals surface area contributed by atoms with Crippen molar-refractivity contribution in [2.75, 3.05) is 5.32 Å². The van der Waals surface area contributed by atoms with E-state index in [9.17, 15) is 9.59 Å². The summed E-state index contributed by atoms with van der Waals surface area (Å²) in [6.07, 6.45) is 2.07. The lowest BCUT2D eigenvalue weighted by Gasteiger charge is -2.17. The summed E-state index contributed by atoms with van der Waals surface area (Å²) in [6, 6.07) is 10.4. The van der Waals surface area contributed by atoms with Crippen LogP contribution < -0.4 is 10.6 Å². The van der Waals surface area contributed by atoms with Crippen molar-refractivity contribution < 1.29 is 9.59 Å². The summed E-state index contributed by atoms with van der Waals surface area (Å²) in [7, 11) is 0. The summed E-state index contributed by atoms with van der Waals surface area (Å²) in [4.78, 5) is 28.4. The molecule has 6 heteroatoms. The first kappa shape index (κ1) is 18.9. The molecule has 1 heterocycles. The summed E-state index contributed by atoms with van der Waals surface area (Å²) in [5, 5.41) is 5.86. The minimum Gasteiger partial charge on any atom is -0.346 e. The molecule has 0 bridgehead atoms. The second-order valence-electron chi connectivity index (χ2n) is 6.98. The van der Waals surface area contributed by atoms with Gasteiger partial charge in [0.2, 0.25) is 5.91 Å². The van der Waals surface area contributed by atoms with Crippen molar-refractivity contribution in [2.24, 2.45) is 5.41 Å². The van der Waals surface area contributed by atoms with E-state index >= 15 is 0 Å². The molecule has 2 aromatic rings. The lowest BCUT2D eigenvalue weighted by molar-refractivity contribution is -0.117. The molecule has 0 saturated carbocycles. The largest absolute Gasteiger partial charge is 0.346 e. The molecule has 0 atom stereocenters. The van der Waals surface area contributed by atoms with Gasteiger partial charge in [-0.15, -0.1) is 0 Å². The number of aromatic nitrogens is 1. The molecule has 2 N–H and O–H groups in total. The van der Waals surface area contributed by atoms with E-state index in [1.165, 1.54) is 0 Å². The van der Waals surface area contributed by atoms with E-state index in [1.807, 2.05) is 39.0 Å². The first-order chi connectivity index (χ1) is 11.7. The van der Waals surface area contributed by atoms with Gasteiger partial charge in [0.25, 0.3) is 5.91 Å². The van der Waals surface area contributed by atoms with Gasteiger partial charge in [-0.2, -0.15) is 0 Å². The Hall–Kier alpha value is -2.40. The predicted molar refractivity (Wildman–Crippen MR) is 99.6 cm³/mol. The Kier molecular flexibility index (Phi) is 6.15. The van der Waals surface area contributed by atoms with Gasteiger partial charge < -0.3 is 10.6 Å². The highest BCUT2D eigenvalue weighted by Gasteiger charge is 2.17. The number of pyridine rings is 1. The van der Waals surface area contributed by atoms with Crippen LogP contribution in [0.1, 0.15) is 43.2 Å². The van der Waals surface area contributed by atoms with Gasteiger partial charge in [-0.25, -0.2) is 0 Å². The van der Waals surface area contributed by atoms with E-state index in [2.05, 4.69) is 15.6 Å². The van der Waals surface area contributed by atoms with Gasteiger partial charge in [-0.05, 0) is 35.7 Å². The first-order valence-corrected chi connectivity index (χ1v) is 8.40. The number of nitrogens with zero attached hydrogens (tertiary/aromatic N) is 1. The van der Waals surface area contributed by atoms with Crippen LogP contribution in [0.4, 0.5) is 5.69 Å². The fourth-order valence-electron chi connectivity index (χ4n) is 2.23. The lowest BCUT2D eigenvalue weighted by atomic mass is 9.92. The van der Waals surface area contributed by atoms with Gasteiger partial charge in [0, 0.05) is 18.3 Å². The van der Waals surface area contributed by atoms with Gasteiger partial charge in [0.15, 0.2) is 0 Å². The smallest absolute Gasteiger partial charge is 0.253 e. The van der Waals surface area contributed by atoms with Crippen LogP contribution in [-0.2, 0) is 11.3 Å². The van der Waals surface area contributed by atoms with Crippen molar-refractivity contribution in [2.45, 2.75) is 33.7 Å². The van der Waals surface area contributed by atoms with Gasteiger partial charge in [-0.3, -0.25) is 14.6 Å². The second kappa shape index (κ2) is 8.12. The molecule has 0 saturated heterocycles. The number of carbonyl (C=O) groups excluding carboxylic acids is 2. The van der Waals surface area contributed by atoms with Crippen LogP contribution in [0.15, 0.2) is 42.6 Å². The Morgan fingerprint density at radius 3 is 2.52 bits per heavy atom. The minimum atomic E-state index is -0.289. The molecule has 0 aliphatic carbocycles. The molecule has 5 nitrogen and oxygen atoms in total. The number of rotatable bonds is 5. The Bertz CT molecular complexity index is 755. The molecular weight excluding hydrogens is 338 g/mol. The van der Waals surface area contributed by atoms with Crippen molar-refractivity contribution in [3.63, 3.8) is 0 Å². The number of hydrogen-bond acceptors (Lipinski definition) is 3. The standard InChI is InChI=1S/C19H22ClN3O2/c1-19(2,3)11-17(24)23-13-7-8-15(16(20)10-13)18(25)22-12-14-6-4-5-9-21-14/h4-10H,11-12H2,1-3H3,(H,22,25)(H,23,24). The van der Waals surface area contributed by atoms with Crippen LogP contribution in [-0.4, -0.2) is 16.8 Å². The number of amides is 2. The second-order valence-corrected chi connectivity index (χ2v) is 7.39. The van der Waals surface area contributed by atoms with E-state index in [0.29, 0.717) is 24.2 Å². The van der Waals surface area contributed by atoms with Crippen molar-refractivity contribution in [3.8, 4) is 0 Å². The van der Waals surface area contributed by atoms with E-state index < -0.39 is 0 Å². The van der Waals surface area contributed by atoms with Gasteiger partial charge in [0.05, 0.1) is 22.8 Å². The topological polar surface area (TPSA) is 71.1 Å². The number of carbonyl (C=O) groups is 2. The number of halogens is 1. The summed E-state index contributed by atoms with van der Waals surface area (Å²) < 4.78 is 0. The molecule has 1 aromatic heterocycles. The van der Waals surface area contributed by atoms with Crippen LogP contribution in [0.5, 0.6) is 0 Å². The summed E-state index contributed by atoms with van der Waals surface area (Å²) >= 11 is 6.19. The Balaban J connectivity index is 1.98. The van der Waals surface area contributed by atoms with E-state index in [0.717, 1.165) is 5.69 Å². The maximum absolute atomic E-state index is 12.2. The van der Waals surface area contributed by atoms with Crippen molar-refractivity contribution in [3.05, 3.63) is 58.9 Å². The Morgan fingerprint density at radius 2 is 1.92 bits per heavy atom. The first-order valence-electron chi connectivity index (χ1n) is 8.02. The van der Waals surface area contributed by atoms with E-state index in [4.69, 9.17) is 11.6 Å². The van der Waals surface area contributed by atoms with Crippen LogP contribution in [0, 0.1) is 5.41 Å². The predicted octanol–water partition coefficient (Wildman–Crippen LogP) is 4.04. The maximum Gasteiger partial charge on any atom is 0.253 e. The summed E-state index contributed by atoms with van der Waals surface area (Å²) in [6.45, 7) is 6.30. The zero-order valence-corrected chi connectivity index (χ0v) is 15.4. The molecule has 0 fully saturated rings. The molecular formula is C19H22ClN3O2. The SMILES string of the molecule is CC(C)(C)CC(=O)Nc1ccc(C(=O)NCc2ccccn2)c(Cl)c1. The van der Waals surface area contributed by atoms with Gasteiger partial charge in [0.1, 0.15) is 0 Å². The average Bonchev–Trinajstić information content (AvgIpc) is 2.52. The normalized spacial score (nSPS) is 11.0. The summed E-state index contributed by atoms with van der Waals surface area (Å²) in [5.41, 5.74) is 1.59. The number of benzene rings is 1. The maximum atomic E-state index is 12.2. The van der Waals surface area contributed by atoms with E-state index in [1.54, 1.807) is 24.4 Å². The molecule has 0 radical (unpaired) electrons. The highest BCUT2D eigenvalue weighted by Crippen LogP contribution is 2.23. The number of nitrogens with one attached hydrogen (secondary N) is 2. The average molecular weight is 360 g/mol. The third-order valence-corrected chi connectivity index (χ3v) is 3.66. The molecule has 2 amide bonds. The molecule has 0 spiro atoms. The third kappa shape index (κ3) is 6.19. The van der Waals surface area contributed by atoms with Crippen molar-refractivity contribution in [1.29, 1.82) is 0 Å². The highest BCUT2D eigenvalue weighted by atomic mass is 35.5. The zero-order chi connectivity index (χ0) is 18.4. The molecule has 2 rings (SSSR count). The quantitative estimate of drug-likeness (QED) is 0.846. The van der Waals surface area contributed by atoms with Crippen LogP contribution in [0.3, 0.4) is 0 Å². The number of hydrogen-bond donors (Lipinski definition) is 2. The van der Waals surface area contributed by atoms with Gasteiger partial charge >= 0.3 is 0 Å². The fourth-order valence-corrected chi connectivity index (χ4v) is 2.50. The van der Waals surface area contributed by atoms with E-state index in [-0.39, 0.29) is 22.3 Å². The Labute approximate surface area is 152 Å². The Morgan fingerprint density at radius 1 is 1.16 bits per heavy atom. The van der Waals surface area contributed by atoms with Crippen LogP contribution in [0.2, 0.25) is 5.02 Å². The zero-order valence-electron chi connectivity index (χ0n) is 14.6. The molecule has 0 unspecified atom stereocenters. The van der Waals surface area contributed by atoms with Crippen molar-refractivity contribution in [1.82, 2.24) is 10.3 Å². The molecule has 0 aliphatic heterocycles. The third-order valence-electron chi connectivity index (χ3n) is 3.34. The fraction of sp³-hybridized carbons (Fsp3) is 0.316. The van der Waals surface area contributed by atoms with Crippen LogP contribution >= 0.6 is 11.6 Å². The molecule has 0 aliphatic rings.